The van der Waals surface area contributed by atoms with E-state index in [1.807, 2.05) is 25.1 Å². The van der Waals surface area contributed by atoms with Crippen LogP contribution in [0.4, 0.5) is 5.69 Å². The molecule has 0 spiro atoms. The first-order valence-electron chi connectivity index (χ1n) is 9.16. The number of amides is 2. The fourth-order valence-electron chi connectivity index (χ4n) is 2.94. The van der Waals surface area contributed by atoms with Gasteiger partial charge in [0.25, 0.3) is 11.8 Å². The molecule has 0 saturated carbocycles. The third kappa shape index (κ3) is 5.48. The Kier molecular flexibility index (Phi) is 6.72. The highest BCUT2D eigenvalue weighted by Crippen LogP contribution is 2.31. The van der Waals surface area contributed by atoms with Crippen LogP contribution in [0, 0.1) is 0 Å². The van der Waals surface area contributed by atoms with Crippen molar-refractivity contribution in [2.75, 3.05) is 24.7 Å². The molecule has 0 unspecified atom stereocenters. The molecule has 1 aliphatic heterocycles. The third-order valence-electron chi connectivity index (χ3n) is 4.46. The van der Waals surface area contributed by atoms with Gasteiger partial charge in [-0.05, 0) is 36.8 Å². The van der Waals surface area contributed by atoms with E-state index in [9.17, 15) is 14.4 Å². The van der Waals surface area contributed by atoms with Crippen molar-refractivity contribution in [2.24, 2.45) is 0 Å². The van der Waals surface area contributed by atoms with E-state index in [1.54, 1.807) is 30.3 Å². The van der Waals surface area contributed by atoms with Gasteiger partial charge in [0, 0.05) is 11.6 Å². The minimum Gasteiger partial charge on any atom is -0.482 e. The molecular weight excluding hydrogens is 396 g/mol. The Morgan fingerprint density at radius 2 is 1.93 bits per heavy atom. The van der Waals surface area contributed by atoms with Gasteiger partial charge in [-0.15, -0.1) is 0 Å². The molecular formula is C21H21ClN2O5. The Balaban J connectivity index is 1.45. The second kappa shape index (κ2) is 9.43. The number of fused-ring (bicyclic) bond motifs is 1. The Bertz CT molecular complexity index is 900. The van der Waals surface area contributed by atoms with E-state index in [0.29, 0.717) is 16.5 Å². The molecule has 8 heteroatoms. The Morgan fingerprint density at radius 3 is 2.69 bits per heavy atom. The maximum absolute atomic E-state index is 12.1. The smallest absolute Gasteiger partial charge is 0.308 e. The Labute approximate surface area is 173 Å². The molecule has 7 nitrogen and oxygen atoms in total. The summed E-state index contributed by atoms with van der Waals surface area (Å²) in [6.45, 7) is 1.52. The molecule has 1 heterocycles. The SMILES string of the molecule is C[C@@H](NC(=O)COC(=O)CCN1C(=O)COc2ccccc21)c1ccc(Cl)cc1. The van der Waals surface area contributed by atoms with Gasteiger partial charge in [0.15, 0.2) is 13.2 Å². The first kappa shape index (κ1) is 20.7. The molecule has 2 amide bonds. The van der Waals surface area contributed by atoms with E-state index < -0.39 is 11.9 Å². The van der Waals surface area contributed by atoms with Crippen molar-refractivity contribution in [1.82, 2.24) is 5.32 Å². The average molecular weight is 417 g/mol. The third-order valence-corrected chi connectivity index (χ3v) is 4.71. The zero-order valence-corrected chi connectivity index (χ0v) is 16.6. The van der Waals surface area contributed by atoms with Crippen LogP contribution >= 0.6 is 11.6 Å². The largest absolute Gasteiger partial charge is 0.482 e. The van der Waals surface area contributed by atoms with Crippen LogP contribution in [-0.2, 0) is 19.1 Å². The fraction of sp³-hybridized carbons (Fsp3) is 0.286. The van der Waals surface area contributed by atoms with Crippen molar-refractivity contribution in [3.8, 4) is 5.75 Å². The maximum atomic E-state index is 12.1. The number of ether oxygens (including phenoxy) is 2. The molecule has 0 fully saturated rings. The number of benzene rings is 2. The molecule has 0 aliphatic carbocycles. The second-order valence-corrected chi connectivity index (χ2v) is 6.99. The number of anilines is 1. The number of para-hydroxylation sites is 2. The molecule has 1 aliphatic rings. The van der Waals surface area contributed by atoms with Gasteiger partial charge in [-0.3, -0.25) is 14.4 Å². The van der Waals surface area contributed by atoms with Gasteiger partial charge in [0.1, 0.15) is 5.75 Å². The summed E-state index contributed by atoms with van der Waals surface area (Å²) in [5, 5.41) is 3.37. The van der Waals surface area contributed by atoms with Gasteiger partial charge in [0.2, 0.25) is 0 Å². The van der Waals surface area contributed by atoms with Crippen molar-refractivity contribution in [1.29, 1.82) is 0 Å². The summed E-state index contributed by atoms with van der Waals surface area (Å²) in [5.74, 6) is -0.605. The van der Waals surface area contributed by atoms with Crippen LogP contribution in [-0.4, -0.2) is 37.5 Å². The number of esters is 1. The first-order chi connectivity index (χ1) is 13.9. The number of rotatable bonds is 7. The minimum atomic E-state index is -0.559. The van der Waals surface area contributed by atoms with Gasteiger partial charge in [-0.1, -0.05) is 35.9 Å². The van der Waals surface area contributed by atoms with Crippen molar-refractivity contribution in [3.05, 3.63) is 59.1 Å². The van der Waals surface area contributed by atoms with E-state index >= 15 is 0 Å². The molecule has 0 saturated heterocycles. The van der Waals surface area contributed by atoms with Gasteiger partial charge in [-0.25, -0.2) is 0 Å². The van der Waals surface area contributed by atoms with Crippen LogP contribution in [0.3, 0.4) is 0 Å². The molecule has 1 N–H and O–H groups in total. The highest BCUT2D eigenvalue weighted by atomic mass is 35.5. The molecule has 2 aromatic rings. The predicted molar refractivity (Wildman–Crippen MR) is 108 cm³/mol. The first-order valence-corrected chi connectivity index (χ1v) is 9.54. The summed E-state index contributed by atoms with van der Waals surface area (Å²) in [7, 11) is 0. The van der Waals surface area contributed by atoms with Crippen molar-refractivity contribution in [2.45, 2.75) is 19.4 Å². The highest BCUT2D eigenvalue weighted by molar-refractivity contribution is 6.30. The van der Waals surface area contributed by atoms with E-state index in [2.05, 4.69) is 5.32 Å². The summed E-state index contributed by atoms with van der Waals surface area (Å²) in [6.07, 6.45) is -0.0277. The van der Waals surface area contributed by atoms with Crippen LogP contribution in [0.25, 0.3) is 0 Å². The summed E-state index contributed by atoms with van der Waals surface area (Å²) in [5.41, 5.74) is 1.50. The molecule has 0 bridgehead atoms. The van der Waals surface area contributed by atoms with Gasteiger partial charge in [-0.2, -0.15) is 0 Å². The molecule has 3 rings (SSSR count). The Morgan fingerprint density at radius 1 is 1.21 bits per heavy atom. The van der Waals surface area contributed by atoms with Crippen LogP contribution in [0.15, 0.2) is 48.5 Å². The highest BCUT2D eigenvalue weighted by Gasteiger charge is 2.25. The number of carbonyl (C=O) groups excluding carboxylic acids is 3. The monoisotopic (exact) mass is 416 g/mol. The van der Waals surface area contributed by atoms with Crippen molar-refractivity contribution >= 4 is 35.1 Å². The molecule has 0 aromatic heterocycles. The zero-order valence-electron chi connectivity index (χ0n) is 15.9. The van der Waals surface area contributed by atoms with Gasteiger partial charge in [0.05, 0.1) is 18.2 Å². The average Bonchev–Trinajstić information content (AvgIpc) is 2.72. The molecule has 29 heavy (non-hydrogen) atoms. The number of nitrogens with one attached hydrogen (secondary N) is 1. The summed E-state index contributed by atoms with van der Waals surface area (Å²) < 4.78 is 10.4. The van der Waals surface area contributed by atoms with E-state index in [-0.39, 0.29) is 38.1 Å². The number of hydrogen-bond donors (Lipinski definition) is 1. The van der Waals surface area contributed by atoms with E-state index in [4.69, 9.17) is 21.1 Å². The van der Waals surface area contributed by atoms with E-state index in [1.165, 1.54) is 4.90 Å². The molecule has 1 atom stereocenters. The van der Waals surface area contributed by atoms with Crippen LogP contribution < -0.4 is 15.0 Å². The predicted octanol–water partition coefficient (Wildman–Crippen LogP) is 2.88. The lowest BCUT2D eigenvalue weighted by molar-refractivity contribution is -0.148. The molecule has 152 valence electrons. The summed E-state index contributed by atoms with van der Waals surface area (Å²) >= 11 is 5.85. The lowest BCUT2D eigenvalue weighted by Gasteiger charge is -2.28. The second-order valence-electron chi connectivity index (χ2n) is 6.55. The number of hydrogen-bond acceptors (Lipinski definition) is 5. The van der Waals surface area contributed by atoms with E-state index in [0.717, 1.165) is 5.56 Å². The lowest BCUT2D eigenvalue weighted by Crippen LogP contribution is -2.40. The lowest BCUT2D eigenvalue weighted by atomic mass is 10.1. The number of carbonyl (C=O) groups is 3. The van der Waals surface area contributed by atoms with Crippen molar-refractivity contribution < 1.29 is 23.9 Å². The maximum Gasteiger partial charge on any atom is 0.308 e. The van der Waals surface area contributed by atoms with Gasteiger partial charge < -0.3 is 19.7 Å². The Hall–Kier alpha value is -3.06. The number of nitrogens with zero attached hydrogens (tertiary/aromatic N) is 1. The summed E-state index contributed by atoms with van der Waals surface area (Å²) in [4.78, 5) is 37.6. The zero-order chi connectivity index (χ0) is 20.8. The molecule has 2 aromatic carbocycles. The summed E-state index contributed by atoms with van der Waals surface area (Å²) in [6, 6.07) is 14.0. The minimum absolute atomic E-state index is 0.0277. The van der Waals surface area contributed by atoms with Crippen molar-refractivity contribution in [3.63, 3.8) is 0 Å². The normalized spacial score (nSPS) is 13.9. The van der Waals surface area contributed by atoms with Gasteiger partial charge >= 0.3 is 5.97 Å². The quantitative estimate of drug-likeness (QED) is 0.701. The number of halogens is 1. The van der Waals surface area contributed by atoms with Crippen LogP contribution in [0.5, 0.6) is 5.75 Å². The van der Waals surface area contributed by atoms with Crippen LogP contribution in [0.1, 0.15) is 24.9 Å². The standard InChI is InChI=1S/C21H21ClN2O5/c1-14(15-6-8-16(22)9-7-15)23-19(25)12-29-21(27)10-11-24-17-4-2-3-5-18(17)28-13-20(24)26/h2-9,14H,10-13H2,1H3,(H,23,25)/t14-/m1/s1. The topological polar surface area (TPSA) is 84.9 Å². The van der Waals surface area contributed by atoms with Crippen LogP contribution in [0.2, 0.25) is 5.02 Å². The molecule has 0 radical (unpaired) electrons. The fourth-order valence-corrected chi connectivity index (χ4v) is 3.06.